The van der Waals surface area contributed by atoms with Crippen LogP contribution in [0.25, 0.3) is 11.8 Å². The molecular weight excluding hydrogens is 418 g/mol. The van der Waals surface area contributed by atoms with E-state index in [2.05, 4.69) is 9.56 Å². The Balaban J connectivity index is 1.53. The molecule has 0 bridgehead atoms. The van der Waals surface area contributed by atoms with Gasteiger partial charge in [-0.05, 0) is 73.6 Å². The van der Waals surface area contributed by atoms with Crippen LogP contribution in [0.2, 0.25) is 5.02 Å². The van der Waals surface area contributed by atoms with Crippen LogP contribution in [0.5, 0.6) is 5.75 Å². The van der Waals surface area contributed by atoms with E-state index in [0.29, 0.717) is 16.5 Å². The van der Waals surface area contributed by atoms with Crippen LogP contribution >= 0.6 is 23.4 Å². The van der Waals surface area contributed by atoms with Crippen LogP contribution in [0.15, 0.2) is 64.5 Å². The Labute approximate surface area is 184 Å². The van der Waals surface area contributed by atoms with E-state index in [9.17, 15) is 4.79 Å². The highest BCUT2D eigenvalue weighted by Crippen LogP contribution is 2.30. The second-order valence-corrected chi connectivity index (χ2v) is 8.37. The average molecular weight is 438 g/mol. The van der Waals surface area contributed by atoms with Crippen molar-refractivity contribution >= 4 is 40.5 Å². The third-order valence-corrected chi connectivity index (χ3v) is 6.02. The normalized spacial score (nSPS) is 15.0. The Kier molecular flexibility index (Phi) is 5.70. The first-order chi connectivity index (χ1) is 14.4. The lowest BCUT2D eigenvalue weighted by molar-refractivity contribution is -0.113. The SMILES string of the molecule is Cc1cc(C=C2SC(N)=NC2=O)c(C)n1-c1ccc(OCc2ccccc2Cl)cc1. The van der Waals surface area contributed by atoms with Gasteiger partial charge >= 0.3 is 0 Å². The zero-order valence-corrected chi connectivity index (χ0v) is 18.1. The first-order valence-electron chi connectivity index (χ1n) is 9.36. The number of benzene rings is 2. The third kappa shape index (κ3) is 4.15. The Hall–Kier alpha value is -2.96. The largest absolute Gasteiger partial charge is 0.489 e. The van der Waals surface area contributed by atoms with Crippen LogP contribution in [0, 0.1) is 13.8 Å². The van der Waals surface area contributed by atoms with Gasteiger partial charge in [0.15, 0.2) is 5.17 Å². The molecule has 0 atom stereocenters. The van der Waals surface area contributed by atoms with E-state index >= 15 is 0 Å². The second kappa shape index (κ2) is 8.42. The van der Waals surface area contributed by atoms with Gasteiger partial charge in [0.05, 0.1) is 4.91 Å². The molecule has 0 unspecified atom stereocenters. The molecular formula is C23H20ClN3O2S. The van der Waals surface area contributed by atoms with E-state index in [4.69, 9.17) is 22.1 Å². The van der Waals surface area contributed by atoms with Gasteiger partial charge < -0.3 is 15.0 Å². The highest BCUT2D eigenvalue weighted by molar-refractivity contribution is 8.18. The lowest BCUT2D eigenvalue weighted by Crippen LogP contribution is -2.01. The van der Waals surface area contributed by atoms with Crippen LogP contribution in [-0.2, 0) is 11.4 Å². The molecule has 1 aromatic heterocycles. The number of hydrogen-bond donors (Lipinski definition) is 1. The lowest BCUT2D eigenvalue weighted by atomic mass is 10.2. The number of hydrogen-bond acceptors (Lipinski definition) is 4. The average Bonchev–Trinajstić information content (AvgIpc) is 3.19. The number of thioether (sulfide) groups is 1. The number of halogens is 1. The maximum Gasteiger partial charge on any atom is 0.286 e. The van der Waals surface area contributed by atoms with Crippen molar-refractivity contribution in [2.45, 2.75) is 20.5 Å². The summed E-state index contributed by atoms with van der Waals surface area (Å²) in [6, 6.07) is 17.6. The summed E-state index contributed by atoms with van der Waals surface area (Å²) in [5.74, 6) is 0.478. The summed E-state index contributed by atoms with van der Waals surface area (Å²) >= 11 is 7.38. The number of carbonyl (C=O) groups excluding carboxylic acids is 1. The van der Waals surface area contributed by atoms with Gasteiger partial charge in [-0.15, -0.1) is 0 Å². The van der Waals surface area contributed by atoms with Crippen LogP contribution < -0.4 is 10.5 Å². The maximum atomic E-state index is 11.9. The maximum absolute atomic E-state index is 11.9. The van der Waals surface area contributed by atoms with Gasteiger partial charge in [0.25, 0.3) is 5.91 Å². The first-order valence-corrected chi connectivity index (χ1v) is 10.6. The smallest absolute Gasteiger partial charge is 0.286 e. The van der Waals surface area contributed by atoms with Gasteiger partial charge in [-0.3, -0.25) is 4.79 Å². The fourth-order valence-electron chi connectivity index (χ4n) is 3.37. The molecule has 0 fully saturated rings. The first kappa shape index (κ1) is 20.3. The van der Waals surface area contributed by atoms with Gasteiger partial charge in [-0.1, -0.05) is 29.8 Å². The minimum atomic E-state index is -0.290. The summed E-state index contributed by atoms with van der Waals surface area (Å²) in [6.45, 7) is 4.47. The highest BCUT2D eigenvalue weighted by Gasteiger charge is 2.20. The van der Waals surface area contributed by atoms with Crippen LogP contribution in [0.1, 0.15) is 22.5 Å². The predicted molar refractivity (Wildman–Crippen MR) is 123 cm³/mol. The van der Waals surface area contributed by atoms with Gasteiger partial charge in [0.2, 0.25) is 0 Å². The molecule has 0 aliphatic carbocycles. The Bertz CT molecular complexity index is 1180. The Morgan fingerprint density at radius 1 is 1.17 bits per heavy atom. The molecule has 4 rings (SSSR count). The fraction of sp³-hybridized carbons (Fsp3) is 0.130. The summed E-state index contributed by atoms with van der Waals surface area (Å²) in [4.78, 5) is 16.2. The molecule has 2 aromatic carbocycles. The van der Waals surface area contributed by atoms with Crippen molar-refractivity contribution in [1.29, 1.82) is 0 Å². The number of aliphatic imine (C=N–C) groups is 1. The van der Waals surface area contributed by atoms with E-state index in [1.807, 2.05) is 74.5 Å². The van der Waals surface area contributed by atoms with E-state index in [0.717, 1.165) is 34.0 Å². The zero-order valence-electron chi connectivity index (χ0n) is 16.6. The molecule has 0 spiro atoms. The van der Waals surface area contributed by atoms with Crippen molar-refractivity contribution in [3.8, 4) is 11.4 Å². The minimum Gasteiger partial charge on any atom is -0.489 e. The van der Waals surface area contributed by atoms with Crippen LogP contribution in [0.4, 0.5) is 0 Å². The van der Waals surface area contributed by atoms with Crippen LogP contribution in [0.3, 0.4) is 0 Å². The topological polar surface area (TPSA) is 69.6 Å². The van der Waals surface area contributed by atoms with Crippen molar-refractivity contribution in [2.75, 3.05) is 0 Å². The molecule has 5 nitrogen and oxygen atoms in total. The molecule has 30 heavy (non-hydrogen) atoms. The summed E-state index contributed by atoms with van der Waals surface area (Å²) < 4.78 is 8.01. The van der Waals surface area contributed by atoms with Crippen molar-refractivity contribution < 1.29 is 9.53 Å². The number of amidine groups is 1. The molecule has 0 radical (unpaired) electrons. The van der Waals surface area contributed by atoms with Crippen molar-refractivity contribution in [3.05, 3.63) is 87.0 Å². The monoisotopic (exact) mass is 437 g/mol. The number of rotatable bonds is 5. The quantitative estimate of drug-likeness (QED) is 0.553. The molecule has 1 aliphatic rings. The van der Waals surface area contributed by atoms with E-state index in [1.54, 1.807) is 0 Å². The highest BCUT2D eigenvalue weighted by atomic mass is 35.5. The number of nitrogens with two attached hydrogens (primary N) is 1. The van der Waals surface area contributed by atoms with Crippen LogP contribution in [-0.4, -0.2) is 15.6 Å². The molecule has 2 heterocycles. The number of carbonyl (C=O) groups is 1. The predicted octanol–water partition coefficient (Wildman–Crippen LogP) is 5.26. The van der Waals surface area contributed by atoms with E-state index in [1.165, 1.54) is 11.8 Å². The molecule has 0 saturated carbocycles. The number of aromatic nitrogens is 1. The summed E-state index contributed by atoms with van der Waals surface area (Å²) in [7, 11) is 0. The summed E-state index contributed by atoms with van der Waals surface area (Å²) in [5.41, 5.74) is 10.7. The third-order valence-electron chi connectivity index (χ3n) is 4.84. The molecule has 7 heteroatoms. The molecule has 152 valence electrons. The number of ether oxygens (including phenoxy) is 1. The molecule has 1 amide bonds. The summed E-state index contributed by atoms with van der Waals surface area (Å²) in [6.07, 6.45) is 1.84. The minimum absolute atomic E-state index is 0.285. The lowest BCUT2D eigenvalue weighted by Gasteiger charge is -2.12. The summed E-state index contributed by atoms with van der Waals surface area (Å²) in [5, 5.41) is 0.980. The van der Waals surface area contributed by atoms with Gasteiger partial charge in [0, 0.05) is 27.7 Å². The Morgan fingerprint density at radius 3 is 2.57 bits per heavy atom. The molecule has 0 saturated heterocycles. The zero-order chi connectivity index (χ0) is 21.3. The fourth-order valence-corrected chi connectivity index (χ4v) is 4.23. The van der Waals surface area contributed by atoms with E-state index in [-0.39, 0.29) is 11.1 Å². The van der Waals surface area contributed by atoms with Gasteiger partial charge in [-0.25, -0.2) is 0 Å². The van der Waals surface area contributed by atoms with Crippen molar-refractivity contribution in [3.63, 3.8) is 0 Å². The standard InChI is InChI=1S/C23H20ClN3O2S/c1-14-11-17(12-21-22(28)26-23(25)30-21)15(2)27(14)18-7-9-19(10-8-18)29-13-16-5-3-4-6-20(16)24/h3-12H,13H2,1-2H3,(H2,25,26,28). The second-order valence-electron chi connectivity index (χ2n) is 6.90. The van der Waals surface area contributed by atoms with Gasteiger partial charge in [0.1, 0.15) is 12.4 Å². The van der Waals surface area contributed by atoms with E-state index < -0.39 is 0 Å². The number of aryl methyl sites for hydroxylation is 1. The Morgan fingerprint density at radius 2 is 1.90 bits per heavy atom. The van der Waals surface area contributed by atoms with Crippen molar-refractivity contribution in [2.24, 2.45) is 10.7 Å². The van der Waals surface area contributed by atoms with Gasteiger partial charge in [-0.2, -0.15) is 4.99 Å². The van der Waals surface area contributed by atoms with Crippen molar-refractivity contribution in [1.82, 2.24) is 4.57 Å². The number of nitrogens with zero attached hydrogens (tertiary/aromatic N) is 2. The molecule has 3 aromatic rings. The molecule has 2 N–H and O–H groups in total. The number of amides is 1. The molecule has 1 aliphatic heterocycles.